The van der Waals surface area contributed by atoms with Gasteiger partial charge in [0.05, 0.1) is 6.10 Å². The predicted molar refractivity (Wildman–Crippen MR) is 71.7 cm³/mol. The number of aromatic nitrogens is 1. The van der Waals surface area contributed by atoms with Gasteiger partial charge in [-0.3, -0.25) is 0 Å². The van der Waals surface area contributed by atoms with Crippen molar-refractivity contribution in [2.45, 2.75) is 25.4 Å². The third-order valence-electron chi connectivity index (χ3n) is 3.00. The third kappa shape index (κ3) is 3.47. The molecule has 2 nitrogen and oxygen atoms in total. The lowest BCUT2D eigenvalue weighted by atomic mass is 9.93. The Morgan fingerprint density at radius 3 is 2.88 bits per heavy atom. The van der Waals surface area contributed by atoms with Gasteiger partial charge in [0.15, 0.2) is 0 Å². The van der Waals surface area contributed by atoms with E-state index in [0.29, 0.717) is 12.3 Å². The molecule has 0 aromatic carbocycles. The number of aliphatic hydroxyl groups is 1. The van der Waals surface area contributed by atoms with Crippen LogP contribution in [-0.2, 0) is 6.42 Å². The lowest BCUT2D eigenvalue weighted by Gasteiger charge is -2.26. The molecule has 0 bridgehead atoms. The van der Waals surface area contributed by atoms with E-state index in [0.717, 1.165) is 23.1 Å². The van der Waals surface area contributed by atoms with Crippen molar-refractivity contribution in [3.8, 4) is 0 Å². The number of pyridine rings is 1. The van der Waals surface area contributed by atoms with Crippen molar-refractivity contribution in [3.63, 3.8) is 0 Å². The van der Waals surface area contributed by atoms with Gasteiger partial charge in [0.1, 0.15) is 4.60 Å². The van der Waals surface area contributed by atoms with Crippen LogP contribution in [0.5, 0.6) is 0 Å². The summed E-state index contributed by atoms with van der Waals surface area (Å²) in [5.74, 6) is 2.84. The molecule has 16 heavy (non-hydrogen) atoms. The summed E-state index contributed by atoms with van der Waals surface area (Å²) in [7, 11) is 0. The summed E-state index contributed by atoms with van der Waals surface area (Å²) in [6.45, 7) is 0. The van der Waals surface area contributed by atoms with Gasteiger partial charge in [-0.25, -0.2) is 4.98 Å². The normalized spacial score (nSPS) is 19.6. The van der Waals surface area contributed by atoms with Gasteiger partial charge in [-0.15, -0.1) is 0 Å². The minimum Gasteiger partial charge on any atom is -0.392 e. The Kier molecular flexibility index (Phi) is 4.67. The average Bonchev–Trinajstić information content (AvgIpc) is 2.30. The van der Waals surface area contributed by atoms with E-state index in [-0.39, 0.29) is 6.10 Å². The van der Waals surface area contributed by atoms with E-state index in [1.807, 2.05) is 30.0 Å². The number of aliphatic hydroxyl groups excluding tert-OH is 1. The molecule has 2 heterocycles. The van der Waals surface area contributed by atoms with Crippen LogP contribution >= 0.6 is 27.7 Å². The molecule has 1 saturated heterocycles. The Balaban J connectivity index is 1.93. The first kappa shape index (κ1) is 12.4. The standard InChI is InChI=1S/C12H16BrNOS/c13-12-3-1-2-10(14-12)8-11(15)9-4-6-16-7-5-9/h1-3,9,11,15H,4-8H2. The van der Waals surface area contributed by atoms with Gasteiger partial charge >= 0.3 is 0 Å². The van der Waals surface area contributed by atoms with Crippen molar-refractivity contribution in [2.24, 2.45) is 5.92 Å². The van der Waals surface area contributed by atoms with Gasteiger partial charge < -0.3 is 5.11 Å². The molecular formula is C12H16BrNOS. The monoisotopic (exact) mass is 301 g/mol. The van der Waals surface area contributed by atoms with E-state index in [1.165, 1.54) is 11.5 Å². The van der Waals surface area contributed by atoms with Crippen LogP contribution in [0.3, 0.4) is 0 Å². The molecule has 0 spiro atoms. The number of hydrogen-bond donors (Lipinski definition) is 1. The van der Waals surface area contributed by atoms with Crippen molar-refractivity contribution < 1.29 is 5.11 Å². The number of halogens is 1. The Morgan fingerprint density at radius 1 is 1.44 bits per heavy atom. The third-order valence-corrected chi connectivity index (χ3v) is 4.49. The highest BCUT2D eigenvalue weighted by Crippen LogP contribution is 2.26. The zero-order valence-corrected chi connectivity index (χ0v) is 11.5. The highest BCUT2D eigenvalue weighted by molar-refractivity contribution is 9.10. The lowest BCUT2D eigenvalue weighted by Crippen LogP contribution is -2.26. The molecule has 1 N–H and O–H groups in total. The molecule has 0 saturated carbocycles. The van der Waals surface area contributed by atoms with Crippen LogP contribution in [0.25, 0.3) is 0 Å². The molecule has 1 unspecified atom stereocenters. The molecule has 1 aliphatic heterocycles. The van der Waals surface area contributed by atoms with Gasteiger partial charge in [0.25, 0.3) is 0 Å². The minimum atomic E-state index is -0.234. The molecule has 0 aliphatic carbocycles. The molecule has 0 radical (unpaired) electrons. The first-order valence-electron chi connectivity index (χ1n) is 5.63. The maximum Gasteiger partial charge on any atom is 0.106 e. The molecule has 4 heteroatoms. The molecule has 1 fully saturated rings. The van der Waals surface area contributed by atoms with Crippen LogP contribution in [0.15, 0.2) is 22.8 Å². The van der Waals surface area contributed by atoms with E-state index in [4.69, 9.17) is 0 Å². The molecule has 1 aromatic rings. The highest BCUT2D eigenvalue weighted by atomic mass is 79.9. The Hall–Kier alpha value is -0.0600. The average molecular weight is 302 g/mol. The quantitative estimate of drug-likeness (QED) is 0.872. The maximum atomic E-state index is 10.2. The minimum absolute atomic E-state index is 0.234. The second-order valence-corrected chi connectivity index (χ2v) is 6.21. The lowest BCUT2D eigenvalue weighted by molar-refractivity contribution is 0.102. The van der Waals surface area contributed by atoms with E-state index >= 15 is 0 Å². The van der Waals surface area contributed by atoms with Crippen molar-refractivity contribution in [1.29, 1.82) is 0 Å². The van der Waals surface area contributed by atoms with E-state index in [1.54, 1.807) is 0 Å². The Morgan fingerprint density at radius 2 is 2.19 bits per heavy atom. The highest BCUT2D eigenvalue weighted by Gasteiger charge is 2.22. The summed E-state index contributed by atoms with van der Waals surface area (Å²) in [4.78, 5) is 4.36. The smallest absolute Gasteiger partial charge is 0.106 e. The largest absolute Gasteiger partial charge is 0.392 e. The van der Waals surface area contributed by atoms with Crippen molar-refractivity contribution >= 4 is 27.7 Å². The van der Waals surface area contributed by atoms with Gasteiger partial charge in [-0.05, 0) is 58.3 Å². The summed E-state index contributed by atoms with van der Waals surface area (Å²) in [5.41, 5.74) is 0.972. The van der Waals surface area contributed by atoms with Crippen LogP contribution in [0, 0.1) is 5.92 Å². The zero-order chi connectivity index (χ0) is 11.4. The maximum absolute atomic E-state index is 10.2. The number of rotatable bonds is 3. The van der Waals surface area contributed by atoms with E-state index in [2.05, 4.69) is 20.9 Å². The second kappa shape index (κ2) is 6.03. The van der Waals surface area contributed by atoms with Crippen LogP contribution in [0.4, 0.5) is 0 Å². The van der Waals surface area contributed by atoms with Gasteiger partial charge in [0.2, 0.25) is 0 Å². The Labute approximate surface area is 109 Å². The fourth-order valence-electron chi connectivity index (χ4n) is 2.05. The van der Waals surface area contributed by atoms with Crippen LogP contribution in [0.2, 0.25) is 0 Å². The molecule has 88 valence electrons. The van der Waals surface area contributed by atoms with Gasteiger partial charge in [-0.1, -0.05) is 6.07 Å². The van der Waals surface area contributed by atoms with E-state index < -0.39 is 0 Å². The number of nitrogens with zero attached hydrogens (tertiary/aromatic N) is 1. The zero-order valence-electron chi connectivity index (χ0n) is 9.10. The molecule has 1 aromatic heterocycles. The van der Waals surface area contributed by atoms with Gasteiger partial charge in [-0.2, -0.15) is 11.8 Å². The summed E-state index contributed by atoms with van der Waals surface area (Å²) in [5, 5.41) is 10.2. The SMILES string of the molecule is OC(Cc1cccc(Br)n1)C1CCSCC1. The van der Waals surface area contributed by atoms with Crippen LogP contribution in [-0.4, -0.2) is 27.7 Å². The molecule has 0 amide bonds. The fraction of sp³-hybridized carbons (Fsp3) is 0.583. The van der Waals surface area contributed by atoms with Crippen molar-refractivity contribution in [2.75, 3.05) is 11.5 Å². The summed E-state index contributed by atoms with van der Waals surface area (Å²) < 4.78 is 0.844. The van der Waals surface area contributed by atoms with Crippen molar-refractivity contribution in [1.82, 2.24) is 4.98 Å². The van der Waals surface area contributed by atoms with Crippen LogP contribution in [0.1, 0.15) is 18.5 Å². The molecule has 2 rings (SSSR count). The molecule has 1 atom stereocenters. The topological polar surface area (TPSA) is 33.1 Å². The van der Waals surface area contributed by atoms with Crippen molar-refractivity contribution in [3.05, 3.63) is 28.5 Å². The van der Waals surface area contributed by atoms with Crippen LogP contribution < -0.4 is 0 Å². The second-order valence-electron chi connectivity index (χ2n) is 4.17. The summed E-state index contributed by atoms with van der Waals surface area (Å²) >= 11 is 5.34. The van der Waals surface area contributed by atoms with Gasteiger partial charge in [0, 0.05) is 12.1 Å². The fourth-order valence-corrected chi connectivity index (χ4v) is 3.57. The summed E-state index contributed by atoms with van der Waals surface area (Å²) in [6.07, 6.45) is 2.72. The number of thioether (sulfide) groups is 1. The Bertz CT molecular complexity index is 342. The van der Waals surface area contributed by atoms with E-state index in [9.17, 15) is 5.11 Å². The summed E-state index contributed by atoms with van der Waals surface area (Å²) in [6, 6.07) is 5.86. The number of hydrogen-bond acceptors (Lipinski definition) is 3. The predicted octanol–water partition coefficient (Wildman–Crippen LogP) is 2.89. The first-order valence-corrected chi connectivity index (χ1v) is 7.58. The first-order chi connectivity index (χ1) is 7.75. The molecular weight excluding hydrogens is 286 g/mol. The molecule has 1 aliphatic rings.